The highest BCUT2D eigenvalue weighted by Crippen LogP contribution is 2.38. The molecule has 2 heterocycles. The van der Waals surface area contributed by atoms with Crippen LogP contribution in [0, 0.1) is 21.4 Å². The van der Waals surface area contributed by atoms with Gasteiger partial charge in [-0.25, -0.2) is 10.1 Å². The standard InChI is InChI=1S/C24H29N7O5S/c25-22(32)13-12-20-19-10-4-5-11-21(19)29(16-17-7-6-14-28(15-17)24(26)27)23(20)30(31(33)34)37(35,36)18-8-2-1-3-9-18/h1-5,8-11,17H,6-7,12-16H2,(H2,25,32)(H3,26,27)/t17-/m1/s1. The van der Waals surface area contributed by atoms with E-state index in [9.17, 15) is 23.3 Å². The lowest BCUT2D eigenvalue weighted by Gasteiger charge is -2.33. The van der Waals surface area contributed by atoms with E-state index < -0.39 is 21.0 Å². The Labute approximate surface area is 214 Å². The molecule has 12 nitrogen and oxygen atoms in total. The molecule has 5 N–H and O–H groups in total. The molecule has 4 rings (SSSR count). The molecule has 1 atom stereocenters. The number of hydrogen-bond donors (Lipinski definition) is 3. The van der Waals surface area contributed by atoms with Crippen molar-refractivity contribution in [1.82, 2.24) is 9.47 Å². The molecule has 1 aliphatic rings. The van der Waals surface area contributed by atoms with Crippen molar-refractivity contribution in [2.45, 2.75) is 37.1 Å². The summed E-state index contributed by atoms with van der Waals surface area (Å²) in [6.07, 6.45) is 1.46. The van der Waals surface area contributed by atoms with Gasteiger partial charge in [-0.2, -0.15) is 8.42 Å². The number of aromatic nitrogens is 1. The first-order chi connectivity index (χ1) is 17.6. The van der Waals surface area contributed by atoms with Crippen LogP contribution in [0.25, 0.3) is 10.9 Å². The van der Waals surface area contributed by atoms with Crippen molar-refractivity contribution in [3.05, 3.63) is 70.3 Å². The second-order valence-electron chi connectivity index (χ2n) is 9.03. The second kappa shape index (κ2) is 10.5. The predicted molar refractivity (Wildman–Crippen MR) is 139 cm³/mol. The number of sulfonamides is 1. The molecule has 0 radical (unpaired) electrons. The number of benzene rings is 2. The first-order valence-electron chi connectivity index (χ1n) is 11.8. The Morgan fingerprint density at radius 1 is 1.14 bits per heavy atom. The summed E-state index contributed by atoms with van der Waals surface area (Å²) in [5.41, 5.74) is 12.1. The quantitative estimate of drug-likeness (QED) is 0.165. The minimum absolute atomic E-state index is 0.0249. The molecule has 0 saturated carbocycles. The fraction of sp³-hybridized carbons (Fsp3) is 0.333. The highest BCUT2D eigenvalue weighted by molar-refractivity contribution is 7.92. The number of para-hydroxylation sites is 1. The van der Waals surface area contributed by atoms with E-state index in [1.807, 2.05) is 0 Å². The Balaban J connectivity index is 1.94. The number of primary amides is 1. The van der Waals surface area contributed by atoms with Crippen LogP contribution in [0.2, 0.25) is 0 Å². The van der Waals surface area contributed by atoms with Crippen LogP contribution in [0.3, 0.4) is 0 Å². The van der Waals surface area contributed by atoms with Gasteiger partial charge in [0.25, 0.3) is 0 Å². The van der Waals surface area contributed by atoms with Crippen LogP contribution in [-0.4, -0.2) is 47.9 Å². The lowest BCUT2D eigenvalue weighted by Crippen LogP contribution is -2.44. The number of nitro groups is 1. The Morgan fingerprint density at radius 3 is 2.46 bits per heavy atom. The average molecular weight is 528 g/mol. The summed E-state index contributed by atoms with van der Waals surface area (Å²) in [4.78, 5) is 25.6. The SMILES string of the molecule is N=C(N)N1CCC[C@@H](Cn2c(N([N+](=O)[O-])S(=O)(=O)c3ccccc3)c(CCC(N)=O)c3ccccc32)C1. The number of anilines is 1. The monoisotopic (exact) mass is 527 g/mol. The van der Waals surface area contributed by atoms with E-state index in [-0.39, 0.29) is 46.4 Å². The lowest BCUT2D eigenvalue weighted by molar-refractivity contribution is -0.475. The van der Waals surface area contributed by atoms with E-state index in [0.29, 0.717) is 29.6 Å². The summed E-state index contributed by atoms with van der Waals surface area (Å²) in [5, 5.41) is 19.9. The fourth-order valence-electron chi connectivity index (χ4n) is 4.92. The highest BCUT2D eigenvalue weighted by Gasteiger charge is 2.41. The summed E-state index contributed by atoms with van der Waals surface area (Å²) in [6, 6.07) is 14.2. The third-order valence-electron chi connectivity index (χ3n) is 6.57. The summed E-state index contributed by atoms with van der Waals surface area (Å²) >= 11 is 0. The minimum atomic E-state index is -4.62. The largest absolute Gasteiger partial charge is 0.370 e. The Morgan fingerprint density at radius 2 is 1.81 bits per heavy atom. The van der Waals surface area contributed by atoms with Gasteiger partial charge in [0, 0.05) is 41.4 Å². The van der Waals surface area contributed by atoms with E-state index in [1.165, 1.54) is 24.3 Å². The number of hydrazine groups is 1. The summed E-state index contributed by atoms with van der Waals surface area (Å²) in [5.74, 6) is -0.839. The van der Waals surface area contributed by atoms with E-state index in [4.69, 9.17) is 16.9 Å². The molecule has 1 saturated heterocycles. The van der Waals surface area contributed by atoms with Crippen molar-refractivity contribution in [2.24, 2.45) is 17.4 Å². The topological polar surface area (TPSA) is 182 Å². The van der Waals surface area contributed by atoms with E-state index >= 15 is 0 Å². The fourth-order valence-corrected chi connectivity index (χ4v) is 6.23. The number of amides is 1. The molecule has 1 fully saturated rings. The smallest absolute Gasteiger partial charge is 0.319 e. The molecule has 0 aliphatic carbocycles. The normalized spacial score (nSPS) is 16.0. The van der Waals surface area contributed by atoms with E-state index in [0.717, 1.165) is 12.8 Å². The maximum Gasteiger partial charge on any atom is 0.319 e. The third-order valence-corrected chi connectivity index (χ3v) is 8.20. The van der Waals surface area contributed by atoms with Gasteiger partial charge in [-0.05, 0) is 43.4 Å². The first-order valence-corrected chi connectivity index (χ1v) is 13.3. The van der Waals surface area contributed by atoms with Gasteiger partial charge in [0.05, 0.1) is 10.4 Å². The van der Waals surface area contributed by atoms with Crippen molar-refractivity contribution >= 4 is 38.6 Å². The molecule has 196 valence electrons. The van der Waals surface area contributed by atoms with Crippen LogP contribution >= 0.6 is 0 Å². The number of fused-ring (bicyclic) bond motifs is 1. The molecule has 1 aliphatic heterocycles. The summed E-state index contributed by atoms with van der Waals surface area (Å²) in [6.45, 7) is 1.35. The summed E-state index contributed by atoms with van der Waals surface area (Å²) < 4.78 is 29.2. The van der Waals surface area contributed by atoms with Gasteiger partial charge in [0.2, 0.25) is 5.91 Å². The number of nitrogens with zero attached hydrogens (tertiary/aromatic N) is 4. The van der Waals surface area contributed by atoms with E-state index in [2.05, 4.69) is 0 Å². The molecule has 13 heteroatoms. The molecule has 37 heavy (non-hydrogen) atoms. The van der Waals surface area contributed by atoms with Crippen LogP contribution in [0.4, 0.5) is 5.82 Å². The number of carbonyl (C=O) groups excluding carboxylic acids is 1. The molecule has 1 aromatic heterocycles. The highest BCUT2D eigenvalue weighted by atomic mass is 32.2. The van der Waals surface area contributed by atoms with Crippen molar-refractivity contribution in [2.75, 3.05) is 17.5 Å². The number of nitrogens with one attached hydrogen (secondary N) is 1. The number of rotatable bonds is 9. The first kappa shape index (κ1) is 25.9. The molecular formula is C24H29N7O5S. The zero-order chi connectivity index (χ0) is 26.7. The number of carbonyl (C=O) groups is 1. The molecule has 0 bridgehead atoms. The van der Waals surface area contributed by atoms with Gasteiger partial charge in [-0.3, -0.25) is 10.2 Å². The molecule has 1 amide bonds. The van der Waals surface area contributed by atoms with Crippen molar-refractivity contribution in [3.63, 3.8) is 0 Å². The number of guanidine groups is 1. The zero-order valence-corrected chi connectivity index (χ0v) is 20.9. The van der Waals surface area contributed by atoms with Crippen molar-refractivity contribution in [1.29, 1.82) is 5.41 Å². The van der Waals surface area contributed by atoms with Crippen molar-refractivity contribution in [3.8, 4) is 0 Å². The molecular weight excluding hydrogens is 498 g/mol. The number of likely N-dealkylation sites (tertiary alicyclic amines) is 1. The second-order valence-corrected chi connectivity index (χ2v) is 10.8. The van der Waals surface area contributed by atoms with Crippen LogP contribution in [-0.2, 0) is 27.8 Å². The summed E-state index contributed by atoms with van der Waals surface area (Å²) in [7, 11) is -4.62. The van der Waals surface area contributed by atoms with Gasteiger partial charge in [-0.15, -0.1) is 0 Å². The number of nitrogens with two attached hydrogens (primary N) is 2. The predicted octanol–water partition coefficient (Wildman–Crippen LogP) is 2.05. The lowest BCUT2D eigenvalue weighted by atomic mass is 9.98. The molecule has 2 aromatic carbocycles. The Bertz CT molecular complexity index is 1440. The zero-order valence-electron chi connectivity index (χ0n) is 20.1. The third kappa shape index (κ3) is 5.21. The van der Waals surface area contributed by atoms with Gasteiger partial charge < -0.3 is 20.9 Å². The van der Waals surface area contributed by atoms with Crippen LogP contribution in [0.5, 0.6) is 0 Å². The van der Waals surface area contributed by atoms with Crippen LogP contribution in [0.15, 0.2) is 59.5 Å². The number of aryl methyl sites for hydroxylation is 1. The number of piperidine rings is 1. The Kier molecular flexibility index (Phi) is 7.34. The van der Waals surface area contributed by atoms with Crippen molar-refractivity contribution < 1.29 is 18.2 Å². The molecule has 0 spiro atoms. The minimum Gasteiger partial charge on any atom is -0.370 e. The van der Waals surface area contributed by atoms with Gasteiger partial charge in [-0.1, -0.05) is 36.4 Å². The molecule has 0 unspecified atom stereocenters. The molecule has 3 aromatic rings. The van der Waals surface area contributed by atoms with Gasteiger partial charge >= 0.3 is 10.0 Å². The van der Waals surface area contributed by atoms with Crippen LogP contribution < -0.4 is 15.9 Å². The Hall–Kier alpha value is -4.13. The number of hydrogen-bond acceptors (Lipinski definition) is 6. The van der Waals surface area contributed by atoms with E-state index in [1.54, 1.807) is 39.8 Å². The average Bonchev–Trinajstić information content (AvgIpc) is 3.15. The van der Waals surface area contributed by atoms with Gasteiger partial charge in [0.15, 0.2) is 16.8 Å². The van der Waals surface area contributed by atoms with Crippen LogP contribution in [0.1, 0.15) is 24.8 Å². The maximum atomic E-state index is 13.7. The van der Waals surface area contributed by atoms with Gasteiger partial charge in [0.1, 0.15) is 0 Å². The maximum absolute atomic E-state index is 13.7.